The standard InChI is InChI=1S/C18H16O6P2/c19-25(20,21)17-8-4-13(5-9-17)15-2-1-3-16(12-15)14-6-10-18(11-7-14)26(22,23)24/h1-12H,(H2,19,20,21)(H2,22,23,24). The minimum Gasteiger partial charge on any atom is -0.321 e. The van der Waals surface area contributed by atoms with Crippen LogP contribution < -0.4 is 10.6 Å². The van der Waals surface area contributed by atoms with Gasteiger partial charge in [0.15, 0.2) is 0 Å². The molecule has 0 saturated carbocycles. The van der Waals surface area contributed by atoms with Gasteiger partial charge in [0.05, 0.1) is 10.6 Å². The maximum atomic E-state index is 11.3. The van der Waals surface area contributed by atoms with Crippen molar-refractivity contribution in [1.29, 1.82) is 0 Å². The molecule has 3 rings (SSSR count). The van der Waals surface area contributed by atoms with E-state index in [1.54, 1.807) is 24.3 Å². The largest absolute Gasteiger partial charge is 0.356 e. The molecule has 134 valence electrons. The maximum absolute atomic E-state index is 11.3. The van der Waals surface area contributed by atoms with Crippen LogP contribution in [0.25, 0.3) is 22.3 Å². The van der Waals surface area contributed by atoms with Crippen molar-refractivity contribution in [3.63, 3.8) is 0 Å². The Morgan fingerprint density at radius 2 is 0.846 bits per heavy atom. The Hall–Kier alpha value is -2.04. The first-order valence-electron chi connectivity index (χ1n) is 7.58. The zero-order valence-electron chi connectivity index (χ0n) is 13.4. The van der Waals surface area contributed by atoms with Gasteiger partial charge in [-0.1, -0.05) is 42.5 Å². The van der Waals surface area contributed by atoms with Crippen molar-refractivity contribution in [3.8, 4) is 22.3 Å². The fraction of sp³-hybridized carbons (Fsp3) is 0. The van der Waals surface area contributed by atoms with Crippen molar-refractivity contribution >= 4 is 25.8 Å². The Bertz CT molecular complexity index is 936. The lowest BCUT2D eigenvalue weighted by molar-refractivity contribution is 0.385. The number of rotatable bonds is 4. The summed E-state index contributed by atoms with van der Waals surface area (Å²) in [5.41, 5.74) is 3.32. The Balaban J connectivity index is 1.93. The molecule has 0 bridgehead atoms. The molecule has 0 aliphatic heterocycles. The van der Waals surface area contributed by atoms with Gasteiger partial charge in [-0.3, -0.25) is 9.13 Å². The van der Waals surface area contributed by atoms with Crippen LogP contribution in [-0.2, 0) is 9.13 Å². The molecule has 0 fully saturated rings. The lowest BCUT2D eigenvalue weighted by atomic mass is 9.99. The molecule has 3 aromatic carbocycles. The molecule has 0 aliphatic carbocycles. The van der Waals surface area contributed by atoms with Crippen molar-refractivity contribution in [1.82, 2.24) is 0 Å². The van der Waals surface area contributed by atoms with E-state index in [-0.39, 0.29) is 10.6 Å². The summed E-state index contributed by atoms with van der Waals surface area (Å²) in [5.74, 6) is 0. The van der Waals surface area contributed by atoms with E-state index >= 15 is 0 Å². The second-order valence-corrected chi connectivity index (χ2v) is 8.97. The fourth-order valence-electron chi connectivity index (χ4n) is 2.57. The zero-order valence-corrected chi connectivity index (χ0v) is 15.2. The van der Waals surface area contributed by atoms with Gasteiger partial charge in [0, 0.05) is 0 Å². The molecule has 0 heterocycles. The van der Waals surface area contributed by atoms with Crippen LogP contribution in [-0.4, -0.2) is 19.6 Å². The third-order valence-corrected chi connectivity index (χ3v) is 5.88. The second kappa shape index (κ2) is 6.93. The van der Waals surface area contributed by atoms with Crippen molar-refractivity contribution < 1.29 is 28.7 Å². The first-order valence-corrected chi connectivity index (χ1v) is 10.8. The molecule has 0 saturated heterocycles. The minimum atomic E-state index is -4.27. The molecule has 0 unspecified atom stereocenters. The molecule has 0 amide bonds. The Labute approximate surface area is 150 Å². The van der Waals surface area contributed by atoms with Crippen LogP contribution in [0.15, 0.2) is 72.8 Å². The highest BCUT2D eigenvalue weighted by atomic mass is 31.2. The van der Waals surface area contributed by atoms with E-state index < -0.39 is 15.2 Å². The van der Waals surface area contributed by atoms with E-state index in [0.29, 0.717) is 0 Å². The summed E-state index contributed by atoms with van der Waals surface area (Å²) < 4.78 is 22.5. The summed E-state index contributed by atoms with van der Waals surface area (Å²) in [7, 11) is -8.54. The molecule has 26 heavy (non-hydrogen) atoms. The Morgan fingerprint density at radius 1 is 0.500 bits per heavy atom. The van der Waals surface area contributed by atoms with Gasteiger partial charge >= 0.3 is 15.2 Å². The zero-order chi connectivity index (χ0) is 18.9. The first kappa shape index (κ1) is 18.7. The maximum Gasteiger partial charge on any atom is 0.356 e. The van der Waals surface area contributed by atoms with Gasteiger partial charge < -0.3 is 19.6 Å². The van der Waals surface area contributed by atoms with Crippen LogP contribution in [0.5, 0.6) is 0 Å². The quantitative estimate of drug-likeness (QED) is 0.509. The van der Waals surface area contributed by atoms with Crippen molar-refractivity contribution in [2.24, 2.45) is 0 Å². The highest BCUT2D eigenvalue weighted by Crippen LogP contribution is 2.35. The van der Waals surface area contributed by atoms with E-state index in [1.165, 1.54) is 24.3 Å². The number of benzene rings is 3. The molecule has 0 aromatic heterocycles. The molecule has 6 nitrogen and oxygen atoms in total. The van der Waals surface area contributed by atoms with E-state index in [4.69, 9.17) is 0 Å². The fourth-order valence-corrected chi connectivity index (χ4v) is 3.65. The summed E-state index contributed by atoms with van der Waals surface area (Å²) in [6.07, 6.45) is 0. The predicted molar refractivity (Wildman–Crippen MR) is 101 cm³/mol. The lowest BCUT2D eigenvalue weighted by Gasteiger charge is -2.09. The number of hydrogen-bond acceptors (Lipinski definition) is 2. The molecular formula is C18H16O6P2. The smallest absolute Gasteiger partial charge is 0.321 e. The Kier molecular flexibility index (Phi) is 5.00. The van der Waals surface area contributed by atoms with Gasteiger partial charge in [0.25, 0.3) is 0 Å². The summed E-state index contributed by atoms with van der Waals surface area (Å²) in [6, 6.07) is 19.7. The highest BCUT2D eigenvalue weighted by molar-refractivity contribution is 7.60. The van der Waals surface area contributed by atoms with Crippen LogP contribution >= 0.6 is 15.2 Å². The van der Waals surface area contributed by atoms with Crippen LogP contribution in [0.1, 0.15) is 0 Å². The SMILES string of the molecule is O=P(O)(O)c1ccc(-c2cccc(-c3ccc(P(=O)(O)O)cc3)c2)cc1. The molecule has 8 heteroatoms. The Morgan fingerprint density at radius 3 is 1.15 bits per heavy atom. The van der Waals surface area contributed by atoms with E-state index in [1.807, 2.05) is 24.3 Å². The van der Waals surface area contributed by atoms with Gasteiger partial charge in [-0.05, 0) is 52.6 Å². The molecular weight excluding hydrogens is 374 g/mol. The number of hydrogen-bond donors (Lipinski definition) is 4. The normalized spacial score (nSPS) is 12.2. The average Bonchev–Trinajstić information content (AvgIpc) is 2.61. The van der Waals surface area contributed by atoms with E-state index in [0.717, 1.165) is 22.3 Å². The lowest BCUT2D eigenvalue weighted by Crippen LogP contribution is -2.02. The summed E-state index contributed by atoms with van der Waals surface area (Å²) in [4.78, 5) is 36.7. The third-order valence-electron chi connectivity index (χ3n) is 3.94. The summed E-state index contributed by atoms with van der Waals surface area (Å²) in [5, 5.41) is -0.0733. The van der Waals surface area contributed by atoms with Gasteiger partial charge in [-0.2, -0.15) is 0 Å². The van der Waals surface area contributed by atoms with Gasteiger partial charge in [-0.15, -0.1) is 0 Å². The van der Waals surface area contributed by atoms with Crippen molar-refractivity contribution in [2.75, 3.05) is 0 Å². The molecule has 0 atom stereocenters. The monoisotopic (exact) mass is 390 g/mol. The summed E-state index contributed by atoms with van der Waals surface area (Å²) >= 11 is 0. The van der Waals surface area contributed by atoms with Gasteiger partial charge in [0.1, 0.15) is 0 Å². The predicted octanol–water partition coefficient (Wildman–Crippen LogP) is 2.63. The molecule has 4 N–H and O–H groups in total. The molecule has 0 aliphatic rings. The van der Waals surface area contributed by atoms with Crippen molar-refractivity contribution in [2.45, 2.75) is 0 Å². The minimum absolute atomic E-state index is 0.0366. The van der Waals surface area contributed by atoms with E-state index in [2.05, 4.69) is 0 Å². The van der Waals surface area contributed by atoms with E-state index in [9.17, 15) is 28.7 Å². The average molecular weight is 390 g/mol. The molecule has 0 radical (unpaired) electrons. The first-order chi connectivity index (χ1) is 12.1. The highest BCUT2D eigenvalue weighted by Gasteiger charge is 2.17. The summed E-state index contributed by atoms with van der Waals surface area (Å²) in [6.45, 7) is 0. The molecule has 3 aromatic rings. The van der Waals surface area contributed by atoms with Crippen LogP contribution in [0.4, 0.5) is 0 Å². The van der Waals surface area contributed by atoms with Gasteiger partial charge in [0.2, 0.25) is 0 Å². The van der Waals surface area contributed by atoms with Crippen LogP contribution in [0.3, 0.4) is 0 Å². The van der Waals surface area contributed by atoms with Crippen molar-refractivity contribution in [3.05, 3.63) is 72.8 Å². The van der Waals surface area contributed by atoms with Crippen LogP contribution in [0, 0.1) is 0 Å². The second-order valence-electron chi connectivity index (χ2n) is 5.76. The van der Waals surface area contributed by atoms with Gasteiger partial charge in [-0.25, -0.2) is 0 Å². The van der Waals surface area contributed by atoms with Crippen LogP contribution in [0.2, 0.25) is 0 Å². The molecule has 0 spiro atoms. The third kappa shape index (κ3) is 4.19. The topological polar surface area (TPSA) is 115 Å².